The van der Waals surface area contributed by atoms with Crippen LogP contribution in [0.25, 0.3) is 0 Å². The molecule has 2 aromatic rings. The van der Waals surface area contributed by atoms with Gasteiger partial charge in [0.15, 0.2) is 6.61 Å². The Morgan fingerprint density at radius 1 is 1.15 bits per heavy atom. The molecule has 0 fully saturated rings. The van der Waals surface area contributed by atoms with Gasteiger partial charge in [0.2, 0.25) is 5.78 Å². The van der Waals surface area contributed by atoms with E-state index in [1.807, 2.05) is 0 Å². The first-order valence-corrected chi connectivity index (χ1v) is 7.34. The number of halogens is 2. The predicted molar refractivity (Wildman–Crippen MR) is 77.4 cm³/mol. The minimum absolute atomic E-state index is 0.0156. The summed E-state index contributed by atoms with van der Waals surface area (Å²) in [5, 5.41) is 0. The minimum atomic E-state index is -0.513. The van der Waals surface area contributed by atoms with Crippen LogP contribution in [0.15, 0.2) is 40.2 Å². The summed E-state index contributed by atoms with van der Waals surface area (Å²) in [5.74, 6) is -1.12. The first-order chi connectivity index (χ1) is 9.54. The highest BCUT2D eigenvalue weighted by molar-refractivity contribution is 9.11. The topological polar surface area (TPSA) is 43.4 Å². The van der Waals surface area contributed by atoms with E-state index in [9.17, 15) is 14.0 Å². The van der Waals surface area contributed by atoms with Crippen molar-refractivity contribution in [1.82, 2.24) is 0 Å². The van der Waals surface area contributed by atoms with Crippen LogP contribution < -0.4 is 0 Å². The molecule has 0 saturated carbocycles. The van der Waals surface area contributed by atoms with E-state index >= 15 is 0 Å². The number of benzene rings is 1. The lowest BCUT2D eigenvalue weighted by atomic mass is 10.1. The maximum atomic E-state index is 12.7. The lowest BCUT2D eigenvalue weighted by Crippen LogP contribution is -2.14. The Balaban J connectivity index is 1.83. The van der Waals surface area contributed by atoms with Gasteiger partial charge in [0.1, 0.15) is 5.82 Å². The Morgan fingerprint density at radius 2 is 1.85 bits per heavy atom. The van der Waals surface area contributed by atoms with Gasteiger partial charge in [0.05, 0.1) is 15.1 Å². The molecule has 0 radical (unpaired) electrons. The summed E-state index contributed by atoms with van der Waals surface area (Å²) in [6, 6.07) is 9.00. The number of hydrogen-bond acceptors (Lipinski definition) is 4. The smallest absolute Gasteiger partial charge is 0.310 e. The molecular weight excluding hydrogens is 347 g/mol. The van der Waals surface area contributed by atoms with Crippen molar-refractivity contribution in [2.75, 3.05) is 6.61 Å². The number of thiophene rings is 1. The summed E-state index contributed by atoms with van der Waals surface area (Å²) in [5.41, 5.74) is 0.641. The second-order valence-electron chi connectivity index (χ2n) is 3.99. The quantitative estimate of drug-likeness (QED) is 0.607. The van der Waals surface area contributed by atoms with E-state index in [0.29, 0.717) is 10.4 Å². The van der Waals surface area contributed by atoms with Gasteiger partial charge in [0, 0.05) is 0 Å². The van der Waals surface area contributed by atoms with Gasteiger partial charge in [-0.25, -0.2) is 4.39 Å². The number of carbonyl (C=O) groups excluding carboxylic acids is 2. The van der Waals surface area contributed by atoms with Gasteiger partial charge >= 0.3 is 5.97 Å². The van der Waals surface area contributed by atoms with Gasteiger partial charge in [-0.3, -0.25) is 9.59 Å². The number of esters is 1. The minimum Gasteiger partial charge on any atom is -0.457 e. The zero-order valence-electron chi connectivity index (χ0n) is 10.3. The van der Waals surface area contributed by atoms with Crippen molar-refractivity contribution in [2.24, 2.45) is 0 Å². The molecule has 0 bridgehead atoms. The van der Waals surface area contributed by atoms with Crippen molar-refractivity contribution in [3.05, 3.63) is 56.4 Å². The molecule has 0 atom stereocenters. The molecule has 0 spiro atoms. The molecular formula is C14H10BrFO3S. The largest absolute Gasteiger partial charge is 0.457 e. The van der Waals surface area contributed by atoms with Crippen molar-refractivity contribution >= 4 is 39.0 Å². The van der Waals surface area contributed by atoms with Crippen molar-refractivity contribution in [1.29, 1.82) is 0 Å². The normalized spacial score (nSPS) is 10.3. The number of rotatable bonds is 5. The van der Waals surface area contributed by atoms with Crippen LogP contribution in [0, 0.1) is 5.82 Å². The van der Waals surface area contributed by atoms with Crippen LogP contribution >= 0.6 is 27.3 Å². The van der Waals surface area contributed by atoms with Crippen molar-refractivity contribution < 1.29 is 18.7 Å². The summed E-state index contributed by atoms with van der Waals surface area (Å²) < 4.78 is 18.5. The van der Waals surface area contributed by atoms with Gasteiger partial charge in [-0.1, -0.05) is 12.1 Å². The van der Waals surface area contributed by atoms with Gasteiger partial charge in [0.25, 0.3) is 0 Å². The Kier molecular flexibility index (Phi) is 5.03. The number of ketones is 1. The fourth-order valence-electron chi connectivity index (χ4n) is 1.50. The molecule has 0 N–H and O–H groups in total. The highest BCUT2D eigenvalue weighted by Gasteiger charge is 2.12. The molecule has 2 rings (SSSR count). The Hall–Kier alpha value is -1.53. The summed E-state index contributed by atoms with van der Waals surface area (Å²) >= 11 is 4.55. The first-order valence-electron chi connectivity index (χ1n) is 5.73. The average Bonchev–Trinajstić information content (AvgIpc) is 2.85. The Labute approximate surface area is 127 Å². The molecule has 3 nitrogen and oxygen atoms in total. The Bertz CT molecular complexity index is 622. The van der Waals surface area contributed by atoms with E-state index in [-0.39, 0.29) is 24.6 Å². The van der Waals surface area contributed by atoms with Gasteiger partial charge in [-0.2, -0.15) is 0 Å². The van der Waals surface area contributed by atoms with Crippen LogP contribution in [0.3, 0.4) is 0 Å². The molecule has 0 saturated heterocycles. The number of hydrogen-bond donors (Lipinski definition) is 0. The molecule has 1 aromatic carbocycles. The maximum absolute atomic E-state index is 12.7. The van der Waals surface area contributed by atoms with Crippen LogP contribution in [0.4, 0.5) is 4.39 Å². The summed E-state index contributed by atoms with van der Waals surface area (Å²) in [6.07, 6.45) is 0.0156. The maximum Gasteiger partial charge on any atom is 0.310 e. The SMILES string of the molecule is O=C(Cc1ccc(F)cc1)OCC(=O)c1ccc(Br)s1. The molecule has 104 valence electrons. The van der Waals surface area contributed by atoms with Gasteiger partial charge < -0.3 is 4.74 Å². The second kappa shape index (κ2) is 6.76. The predicted octanol–water partition coefficient (Wildman–Crippen LogP) is 3.62. The molecule has 1 heterocycles. The number of carbonyl (C=O) groups is 2. The van der Waals surface area contributed by atoms with Crippen LogP contribution in [0.1, 0.15) is 15.2 Å². The second-order valence-corrected chi connectivity index (χ2v) is 6.45. The summed E-state index contributed by atoms with van der Waals surface area (Å²) in [7, 11) is 0. The third-order valence-corrected chi connectivity index (χ3v) is 4.14. The van der Waals surface area contributed by atoms with E-state index in [1.54, 1.807) is 12.1 Å². The molecule has 1 aromatic heterocycles. The number of ether oxygens (including phenoxy) is 1. The highest BCUT2D eigenvalue weighted by atomic mass is 79.9. The lowest BCUT2D eigenvalue weighted by molar-refractivity contribution is -0.141. The monoisotopic (exact) mass is 356 g/mol. The fraction of sp³-hybridized carbons (Fsp3) is 0.143. The fourth-order valence-corrected chi connectivity index (χ4v) is 2.81. The van der Waals surface area contributed by atoms with Crippen LogP contribution in [-0.2, 0) is 16.0 Å². The van der Waals surface area contributed by atoms with Crippen molar-refractivity contribution in [3.63, 3.8) is 0 Å². The number of Topliss-reactive ketones (excluding diaryl/α,β-unsaturated/α-hetero) is 1. The van der Waals surface area contributed by atoms with Crippen molar-refractivity contribution in [3.8, 4) is 0 Å². The molecule has 0 aliphatic carbocycles. The first kappa shape index (κ1) is 14.9. The molecule has 0 amide bonds. The zero-order valence-corrected chi connectivity index (χ0v) is 12.7. The average molecular weight is 357 g/mol. The molecule has 0 unspecified atom stereocenters. The van der Waals surface area contributed by atoms with E-state index in [0.717, 1.165) is 3.79 Å². The molecule has 20 heavy (non-hydrogen) atoms. The Morgan fingerprint density at radius 3 is 2.45 bits per heavy atom. The summed E-state index contributed by atoms with van der Waals surface area (Å²) in [4.78, 5) is 23.8. The van der Waals surface area contributed by atoms with Crippen LogP contribution in [0.2, 0.25) is 0 Å². The van der Waals surface area contributed by atoms with Crippen LogP contribution in [-0.4, -0.2) is 18.4 Å². The standard InChI is InChI=1S/C14H10BrFO3S/c15-13-6-5-12(20-13)11(17)8-19-14(18)7-9-1-3-10(16)4-2-9/h1-6H,7-8H2. The third kappa shape index (κ3) is 4.25. The molecule has 0 aliphatic heterocycles. The zero-order chi connectivity index (χ0) is 14.5. The van der Waals surface area contributed by atoms with E-state index < -0.39 is 5.97 Å². The molecule has 6 heteroatoms. The van der Waals surface area contributed by atoms with E-state index in [4.69, 9.17) is 4.74 Å². The molecule has 0 aliphatic rings. The van der Waals surface area contributed by atoms with Crippen molar-refractivity contribution in [2.45, 2.75) is 6.42 Å². The van der Waals surface area contributed by atoms with Gasteiger partial charge in [-0.05, 0) is 45.8 Å². The summed E-state index contributed by atoms with van der Waals surface area (Å²) in [6.45, 7) is -0.285. The highest BCUT2D eigenvalue weighted by Crippen LogP contribution is 2.22. The van der Waals surface area contributed by atoms with Gasteiger partial charge in [-0.15, -0.1) is 11.3 Å². The lowest BCUT2D eigenvalue weighted by Gasteiger charge is -2.03. The third-order valence-electron chi connectivity index (χ3n) is 2.47. The van der Waals surface area contributed by atoms with E-state index in [2.05, 4.69) is 15.9 Å². The van der Waals surface area contributed by atoms with Crippen LogP contribution in [0.5, 0.6) is 0 Å². The van der Waals surface area contributed by atoms with E-state index in [1.165, 1.54) is 35.6 Å².